The molecule has 1 saturated heterocycles. The number of anilines is 2. The van der Waals surface area contributed by atoms with Crippen molar-refractivity contribution in [1.29, 1.82) is 0 Å². The molecule has 0 aliphatic carbocycles. The Balaban J connectivity index is 0.00000306. The average Bonchev–Trinajstić information content (AvgIpc) is 2.80. The summed E-state index contributed by atoms with van der Waals surface area (Å²) in [5.41, 5.74) is 3.83. The zero-order chi connectivity index (χ0) is 22.5. The molecule has 6 nitrogen and oxygen atoms in total. The molecule has 174 valence electrons. The van der Waals surface area contributed by atoms with Crippen LogP contribution in [0.4, 0.5) is 11.6 Å². The first kappa shape index (κ1) is 25.0. The molecule has 2 aromatic carbocycles. The van der Waals surface area contributed by atoms with Crippen LogP contribution in [0.5, 0.6) is 0 Å². The van der Waals surface area contributed by atoms with Crippen LogP contribution in [-0.2, 0) is 4.79 Å². The van der Waals surface area contributed by atoms with Gasteiger partial charge in [0.25, 0.3) is 0 Å². The lowest BCUT2D eigenvalue weighted by Crippen LogP contribution is -2.45. The van der Waals surface area contributed by atoms with Crippen molar-refractivity contribution in [2.75, 3.05) is 11.9 Å². The number of piperidine rings is 1. The number of carbonyl (C=O) groups excluding carboxylic acids is 1. The van der Waals surface area contributed by atoms with E-state index >= 15 is 0 Å². The lowest BCUT2D eigenvalue weighted by atomic mass is 9.91. The Morgan fingerprint density at radius 2 is 1.82 bits per heavy atom. The van der Waals surface area contributed by atoms with Gasteiger partial charge in [-0.05, 0) is 48.7 Å². The van der Waals surface area contributed by atoms with Crippen LogP contribution in [0.3, 0.4) is 0 Å². The summed E-state index contributed by atoms with van der Waals surface area (Å²) in [6, 6.07) is 18.5. The van der Waals surface area contributed by atoms with Gasteiger partial charge >= 0.3 is 0 Å². The number of carbonyl (C=O) groups is 1. The van der Waals surface area contributed by atoms with Crippen LogP contribution in [0.15, 0.2) is 60.8 Å². The Kier molecular flexibility index (Phi) is 8.67. The van der Waals surface area contributed by atoms with Gasteiger partial charge in [0.05, 0.1) is 11.7 Å². The minimum Gasteiger partial charge on any atom is -0.338 e. The van der Waals surface area contributed by atoms with Crippen molar-refractivity contribution < 1.29 is 4.79 Å². The number of halogens is 2. The van der Waals surface area contributed by atoms with Crippen LogP contribution in [0, 0.1) is 0 Å². The first-order valence-electron chi connectivity index (χ1n) is 10.9. The van der Waals surface area contributed by atoms with Crippen molar-refractivity contribution in [1.82, 2.24) is 20.2 Å². The molecule has 1 aliphatic heterocycles. The summed E-state index contributed by atoms with van der Waals surface area (Å²) in [7, 11) is 0. The highest BCUT2D eigenvalue weighted by molar-refractivity contribution is 6.30. The minimum absolute atomic E-state index is 0. The van der Waals surface area contributed by atoms with E-state index in [0.717, 1.165) is 48.3 Å². The Morgan fingerprint density at radius 1 is 1.09 bits per heavy atom. The van der Waals surface area contributed by atoms with E-state index in [4.69, 9.17) is 11.6 Å². The van der Waals surface area contributed by atoms with E-state index in [2.05, 4.69) is 46.6 Å². The van der Waals surface area contributed by atoms with Crippen molar-refractivity contribution in [3.8, 4) is 11.3 Å². The van der Waals surface area contributed by atoms with Gasteiger partial charge in [-0.15, -0.1) is 12.4 Å². The summed E-state index contributed by atoms with van der Waals surface area (Å²) in [6.07, 6.45) is 4.60. The van der Waals surface area contributed by atoms with Crippen molar-refractivity contribution in [2.24, 2.45) is 0 Å². The average molecular weight is 486 g/mol. The number of hydrogen-bond acceptors (Lipinski definition) is 5. The molecule has 1 amide bonds. The maximum atomic E-state index is 11.6. The number of hydrogen-bond donors (Lipinski definition) is 2. The van der Waals surface area contributed by atoms with E-state index < -0.39 is 0 Å². The van der Waals surface area contributed by atoms with Crippen LogP contribution in [0.2, 0.25) is 5.02 Å². The molecule has 0 saturated carbocycles. The normalized spacial score (nSPS) is 18.0. The van der Waals surface area contributed by atoms with Gasteiger partial charge in [-0.25, -0.2) is 9.97 Å². The number of benzene rings is 2. The van der Waals surface area contributed by atoms with Crippen molar-refractivity contribution in [2.45, 2.75) is 44.8 Å². The summed E-state index contributed by atoms with van der Waals surface area (Å²) in [5, 5.41) is 7.58. The maximum Gasteiger partial charge on any atom is 0.227 e. The molecule has 2 heterocycles. The van der Waals surface area contributed by atoms with E-state index in [0.29, 0.717) is 23.1 Å². The minimum atomic E-state index is 0. The number of amides is 1. The lowest BCUT2D eigenvalue weighted by Gasteiger charge is -2.38. The third-order valence-electron chi connectivity index (χ3n) is 5.70. The van der Waals surface area contributed by atoms with Crippen LogP contribution >= 0.6 is 24.0 Å². The molecule has 8 heteroatoms. The van der Waals surface area contributed by atoms with Crippen LogP contribution in [0.25, 0.3) is 11.3 Å². The second-order valence-corrected chi connectivity index (χ2v) is 8.86. The van der Waals surface area contributed by atoms with Gasteiger partial charge in [0, 0.05) is 41.1 Å². The molecule has 1 aliphatic rings. The van der Waals surface area contributed by atoms with Crippen molar-refractivity contribution in [3.63, 3.8) is 0 Å². The molecule has 0 spiro atoms. The summed E-state index contributed by atoms with van der Waals surface area (Å²) in [5.74, 6) is 0.526. The smallest absolute Gasteiger partial charge is 0.227 e. The molecule has 4 rings (SSSR count). The summed E-state index contributed by atoms with van der Waals surface area (Å²) < 4.78 is 0. The zero-order valence-electron chi connectivity index (χ0n) is 18.7. The monoisotopic (exact) mass is 485 g/mol. The number of nitrogens with zero attached hydrogens (tertiary/aromatic N) is 3. The molecule has 0 bridgehead atoms. The van der Waals surface area contributed by atoms with Crippen molar-refractivity contribution in [3.05, 3.63) is 71.4 Å². The number of rotatable bonds is 7. The molecule has 3 aromatic rings. The summed E-state index contributed by atoms with van der Waals surface area (Å²) in [4.78, 5) is 22.5. The Hall–Kier alpha value is -2.67. The van der Waals surface area contributed by atoms with Crippen LogP contribution < -0.4 is 10.6 Å². The third-order valence-corrected chi connectivity index (χ3v) is 5.95. The van der Waals surface area contributed by atoms with Gasteiger partial charge in [-0.2, -0.15) is 0 Å². The lowest BCUT2D eigenvalue weighted by molar-refractivity contribution is -0.121. The van der Waals surface area contributed by atoms with Gasteiger partial charge in [-0.3, -0.25) is 4.79 Å². The van der Waals surface area contributed by atoms with Crippen LogP contribution in [0.1, 0.15) is 38.3 Å². The van der Waals surface area contributed by atoms with E-state index in [1.165, 1.54) is 0 Å². The topological polar surface area (TPSA) is 70.2 Å². The number of likely N-dealkylation sites (tertiary alicyclic amines) is 1. The van der Waals surface area contributed by atoms with Gasteiger partial charge in [0.15, 0.2) is 0 Å². The predicted molar refractivity (Wildman–Crippen MR) is 136 cm³/mol. The van der Waals surface area contributed by atoms with Gasteiger partial charge in [0.1, 0.15) is 0 Å². The van der Waals surface area contributed by atoms with Crippen LogP contribution in [-0.4, -0.2) is 39.9 Å². The molecule has 2 atom stereocenters. The first-order chi connectivity index (χ1) is 15.5. The predicted octanol–water partition coefficient (Wildman–Crippen LogP) is 5.62. The Labute approximate surface area is 206 Å². The summed E-state index contributed by atoms with van der Waals surface area (Å²) >= 11 is 5.98. The summed E-state index contributed by atoms with van der Waals surface area (Å²) in [6.45, 7) is 5.08. The molecular formula is C25H29Cl2N5O. The highest BCUT2D eigenvalue weighted by Crippen LogP contribution is 2.31. The molecule has 1 aromatic heterocycles. The van der Waals surface area contributed by atoms with E-state index in [9.17, 15) is 4.79 Å². The fourth-order valence-corrected chi connectivity index (χ4v) is 4.30. The fourth-order valence-electron chi connectivity index (χ4n) is 4.18. The molecule has 33 heavy (non-hydrogen) atoms. The molecular weight excluding hydrogens is 457 g/mol. The zero-order valence-corrected chi connectivity index (χ0v) is 20.3. The number of nitrogens with one attached hydrogen (secondary N) is 2. The third kappa shape index (κ3) is 6.44. The van der Waals surface area contributed by atoms with E-state index in [-0.39, 0.29) is 18.4 Å². The second-order valence-electron chi connectivity index (χ2n) is 8.42. The second kappa shape index (κ2) is 11.5. The number of aromatic nitrogens is 2. The molecule has 0 radical (unpaired) electrons. The standard InChI is InChI=1S/C25H28ClN5O.ClH/c1-17(2)28-22-12-14-31(16-32)24(15-22)19-5-9-21(10-6-19)29-25-27-13-11-23(30-25)18-3-7-20(26)8-4-18;/h3-11,13,16-17,22,24,28H,12,14-15H2,1-2H3,(H,27,29,30);1H. The quantitative estimate of drug-likeness (QED) is 0.424. The van der Waals surface area contributed by atoms with Gasteiger partial charge in [0.2, 0.25) is 12.4 Å². The molecule has 1 fully saturated rings. The largest absolute Gasteiger partial charge is 0.338 e. The SMILES string of the molecule is CC(C)NC1CCN(C=O)C(c2ccc(Nc3nccc(-c4ccc(Cl)cc4)n3)cc2)C1.Cl. The Bertz CT molecular complexity index is 1040. The maximum absolute atomic E-state index is 11.6. The van der Waals surface area contributed by atoms with Gasteiger partial charge < -0.3 is 15.5 Å². The van der Waals surface area contributed by atoms with E-state index in [1.54, 1.807) is 6.20 Å². The van der Waals surface area contributed by atoms with E-state index in [1.807, 2.05) is 47.4 Å². The highest BCUT2D eigenvalue weighted by atomic mass is 35.5. The first-order valence-corrected chi connectivity index (χ1v) is 11.3. The highest BCUT2D eigenvalue weighted by Gasteiger charge is 2.28. The molecule has 2 unspecified atom stereocenters. The van der Waals surface area contributed by atoms with Crippen molar-refractivity contribution >= 4 is 42.1 Å². The fraction of sp³-hybridized carbons (Fsp3) is 0.320. The Morgan fingerprint density at radius 3 is 2.48 bits per heavy atom. The molecule has 2 N–H and O–H groups in total. The van der Waals surface area contributed by atoms with Gasteiger partial charge in [-0.1, -0.05) is 49.7 Å².